The van der Waals surface area contributed by atoms with Gasteiger partial charge in [0.15, 0.2) is 0 Å². The minimum Gasteiger partial charge on any atom is -0.316 e. The number of halogens is 1. The van der Waals surface area contributed by atoms with Crippen molar-refractivity contribution in [3.8, 4) is 0 Å². The quantitative estimate of drug-likeness (QED) is 0.662. The van der Waals surface area contributed by atoms with Gasteiger partial charge in [-0.05, 0) is 55.0 Å². The second kappa shape index (κ2) is 9.41. The predicted octanol–water partition coefficient (Wildman–Crippen LogP) is 5.18. The Bertz CT molecular complexity index is 358. The lowest BCUT2D eigenvalue weighted by Crippen LogP contribution is -2.31. The Hall–Kier alpha value is -0.530. The molecule has 0 aliphatic carbocycles. The molecule has 1 N–H and O–H groups in total. The molecular formula is C18H30ClN. The summed E-state index contributed by atoms with van der Waals surface area (Å²) in [6.45, 7) is 11.4. The molecule has 20 heavy (non-hydrogen) atoms. The van der Waals surface area contributed by atoms with Crippen molar-refractivity contribution < 1.29 is 0 Å². The molecule has 2 unspecified atom stereocenters. The van der Waals surface area contributed by atoms with Crippen molar-refractivity contribution >= 4 is 11.6 Å². The van der Waals surface area contributed by atoms with Crippen LogP contribution in [0, 0.1) is 17.8 Å². The lowest BCUT2D eigenvalue weighted by molar-refractivity contribution is 0.313. The van der Waals surface area contributed by atoms with E-state index in [0.29, 0.717) is 11.8 Å². The third kappa shape index (κ3) is 6.76. The van der Waals surface area contributed by atoms with Gasteiger partial charge in [-0.3, -0.25) is 0 Å². The van der Waals surface area contributed by atoms with Gasteiger partial charge >= 0.3 is 0 Å². The fourth-order valence-electron chi connectivity index (χ4n) is 2.65. The molecule has 0 amide bonds. The highest BCUT2D eigenvalue weighted by Crippen LogP contribution is 2.22. The van der Waals surface area contributed by atoms with Crippen LogP contribution in [-0.2, 0) is 6.42 Å². The molecule has 0 aromatic heterocycles. The smallest absolute Gasteiger partial charge is 0.0406 e. The summed E-state index contributed by atoms with van der Waals surface area (Å²) in [5.74, 6) is 2.18. The van der Waals surface area contributed by atoms with Crippen molar-refractivity contribution in [2.24, 2.45) is 17.8 Å². The Morgan fingerprint density at radius 1 is 1.05 bits per heavy atom. The molecule has 1 aromatic carbocycles. The third-order valence-corrected chi connectivity index (χ3v) is 4.17. The minimum absolute atomic E-state index is 0.704. The van der Waals surface area contributed by atoms with Crippen LogP contribution in [0.15, 0.2) is 24.3 Å². The molecule has 0 aliphatic heterocycles. The maximum Gasteiger partial charge on any atom is 0.0406 e. The molecule has 2 heteroatoms. The summed E-state index contributed by atoms with van der Waals surface area (Å²) < 4.78 is 0. The number of rotatable bonds is 9. The molecule has 1 aromatic rings. The lowest BCUT2D eigenvalue weighted by atomic mass is 9.85. The second-order valence-corrected chi connectivity index (χ2v) is 6.85. The van der Waals surface area contributed by atoms with Crippen LogP contribution < -0.4 is 5.32 Å². The van der Waals surface area contributed by atoms with E-state index < -0.39 is 0 Å². The highest BCUT2D eigenvalue weighted by molar-refractivity contribution is 6.30. The average molecular weight is 296 g/mol. The zero-order valence-corrected chi connectivity index (χ0v) is 14.2. The summed E-state index contributed by atoms with van der Waals surface area (Å²) in [7, 11) is 0. The molecule has 2 atom stereocenters. The van der Waals surface area contributed by atoms with E-state index in [-0.39, 0.29) is 0 Å². The maximum absolute atomic E-state index is 5.97. The van der Waals surface area contributed by atoms with E-state index >= 15 is 0 Å². The molecule has 0 radical (unpaired) electrons. The molecule has 0 bridgehead atoms. The first-order chi connectivity index (χ1) is 9.52. The largest absolute Gasteiger partial charge is 0.316 e. The second-order valence-electron chi connectivity index (χ2n) is 6.41. The lowest BCUT2D eigenvalue weighted by Gasteiger charge is -2.25. The number of hydrogen-bond acceptors (Lipinski definition) is 1. The summed E-state index contributed by atoms with van der Waals surface area (Å²) in [6.07, 6.45) is 3.72. The molecule has 1 rings (SSSR count). The van der Waals surface area contributed by atoms with Crippen LogP contribution in [0.3, 0.4) is 0 Å². The molecule has 0 spiro atoms. The highest BCUT2D eigenvalue weighted by atomic mass is 35.5. The van der Waals surface area contributed by atoms with Crippen molar-refractivity contribution in [3.05, 3.63) is 34.9 Å². The summed E-state index contributed by atoms with van der Waals surface area (Å²) >= 11 is 5.97. The molecule has 0 saturated heterocycles. The van der Waals surface area contributed by atoms with Crippen molar-refractivity contribution in [2.75, 3.05) is 13.1 Å². The number of benzene rings is 1. The van der Waals surface area contributed by atoms with E-state index in [9.17, 15) is 0 Å². The van der Waals surface area contributed by atoms with Crippen molar-refractivity contribution in [3.63, 3.8) is 0 Å². The fourth-order valence-corrected chi connectivity index (χ4v) is 2.77. The van der Waals surface area contributed by atoms with E-state index in [0.717, 1.165) is 30.5 Å². The van der Waals surface area contributed by atoms with Crippen LogP contribution in [0.2, 0.25) is 5.02 Å². The van der Waals surface area contributed by atoms with Gasteiger partial charge in [-0.15, -0.1) is 0 Å². The first kappa shape index (κ1) is 17.5. The minimum atomic E-state index is 0.704. The third-order valence-electron chi connectivity index (χ3n) is 3.92. The molecule has 0 saturated carbocycles. The fraction of sp³-hybridized carbons (Fsp3) is 0.667. The number of nitrogens with one attached hydrogen (secondary N) is 1. The van der Waals surface area contributed by atoms with E-state index in [1.807, 2.05) is 12.1 Å². The van der Waals surface area contributed by atoms with Gasteiger partial charge in [0.1, 0.15) is 0 Å². The normalized spacial score (nSPS) is 14.5. The first-order valence-corrected chi connectivity index (χ1v) is 8.35. The Morgan fingerprint density at radius 3 is 2.25 bits per heavy atom. The highest BCUT2D eigenvalue weighted by Gasteiger charge is 2.17. The van der Waals surface area contributed by atoms with E-state index in [2.05, 4.69) is 45.1 Å². The summed E-state index contributed by atoms with van der Waals surface area (Å²) in [6, 6.07) is 8.33. The first-order valence-electron chi connectivity index (χ1n) is 7.98. The van der Waals surface area contributed by atoms with Crippen molar-refractivity contribution in [2.45, 2.75) is 47.0 Å². The van der Waals surface area contributed by atoms with Crippen molar-refractivity contribution in [1.82, 2.24) is 5.32 Å². The monoisotopic (exact) mass is 295 g/mol. The van der Waals surface area contributed by atoms with Gasteiger partial charge < -0.3 is 5.32 Å². The molecule has 0 fully saturated rings. The molecular weight excluding hydrogens is 266 g/mol. The predicted molar refractivity (Wildman–Crippen MR) is 90.4 cm³/mol. The maximum atomic E-state index is 5.97. The molecule has 114 valence electrons. The Morgan fingerprint density at radius 2 is 1.70 bits per heavy atom. The topological polar surface area (TPSA) is 12.0 Å². The summed E-state index contributed by atoms with van der Waals surface area (Å²) in [5.41, 5.74) is 1.40. The van der Waals surface area contributed by atoms with Crippen LogP contribution in [0.4, 0.5) is 0 Å². The van der Waals surface area contributed by atoms with Crippen LogP contribution in [0.1, 0.15) is 46.1 Å². The van der Waals surface area contributed by atoms with Gasteiger partial charge in [0.2, 0.25) is 0 Å². The zero-order valence-electron chi connectivity index (χ0n) is 13.5. The zero-order chi connectivity index (χ0) is 15.0. The molecule has 1 nitrogen and oxygen atoms in total. The Labute approximate surface area is 130 Å². The van der Waals surface area contributed by atoms with Gasteiger partial charge in [0, 0.05) is 5.02 Å². The standard InChI is InChI=1S/C18H30ClN/c1-5-6-15(4)17(13-20-12-14(2)3)11-16-7-9-18(19)10-8-16/h7-10,14-15,17,20H,5-6,11-13H2,1-4H3. The summed E-state index contributed by atoms with van der Waals surface area (Å²) in [4.78, 5) is 0. The van der Waals surface area contributed by atoms with E-state index in [1.165, 1.54) is 18.4 Å². The van der Waals surface area contributed by atoms with E-state index in [1.54, 1.807) is 0 Å². The van der Waals surface area contributed by atoms with Gasteiger partial charge in [-0.25, -0.2) is 0 Å². The number of hydrogen-bond donors (Lipinski definition) is 1. The Kier molecular flexibility index (Phi) is 8.25. The van der Waals surface area contributed by atoms with Gasteiger partial charge in [-0.1, -0.05) is 64.3 Å². The van der Waals surface area contributed by atoms with Gasteiger partial charge in [0.25, 0.3) is 0 Å². The van der Waals surface area contributed by atoms with Crippen LogP contribution in [0.5, 0.6) is 0 Å². The van der Waals surface area contributed by atoms with E-state index in [4.69, 9.17) is 11.6 Å². The molecule has 0 heterocycles. The SMILES string of the molecule is CCCC(C)C(CNCC(C)C)Cc1ccc(Cl)cc1. The van der Waals surface area contributed by atoms with Crippen LogP contribution >= 0.6 is 11.6 Å². The Balaban J connectivity index is 2.58. The van der Waals surface area contributed by atoms with Gasteiger partial charge in [-0.2, -0.15) is 0 Å². The summed E-state index contributed by atoms with van der Waals surface area (Å²) in [5, 5.41) is 4.45. The van der Waals surface area contributed by atoms with Crippen LogP contribution in [-0.4, -0.2) is 13.1 Å². The average Bonchev–Trinajstić information content (AvgIpc) is 2.40. The van der Waals surface area contributed by atoms with Gasteiger partial charge in [0.05, 0.1) is 0 Å². The van der Waals surface area contributed by atoms with Crippen LogP contribution in [0.25, 0.3) is 0 Å². The molecule has 0 aliphatic rings. The van der Waals surface area contributed by atoms with Crippen molar-refractivity contribution in [1.29, 1.82) is 0 Å².